The van der Waals surface area contributed by atoms with Gasteiger partial charge in [-0.1, -0.05) is 43.7 Å². The topological polar surface area (TPSA) is 0 Å². The molecule has 1 spiro atoms. The van der Waals surface area contributed by atoms with Crippen molar-refractivity contribution in [2.45, 2.75) is 64.2 Å². The average Bonchev–Trinajstić information content (AvgIpc) is 2.99. The van der Waals surface area contributed by atoms with E-state index in [1.54, 1.807) is 22.3 Å². The van der Waals surface area contributed by atoms with Crippen molar-refractivity contribution in [2.24, 2.45) is 11.8 Å². The van der Waals surface area contributed by atoms with Crippen LogP contribution < -0.4 is 0 Å². The van der Waals surface area contributed by atoms with E-state index < -0.39 is 0 Å². The highest BCUT2D eigenvalue weighted by atomic mass is 14.5. The molecule has 2 atom stereocenters. The standard InChI is InChI=1S/C20H26/c1-14(2)11-17-6-3-5-16-7-4-10-20(19(16)17)13-15-8-9-18(20)12-15/h3,5-6,8,14,18H,4,7,9-13H2,1-2H3. The first-order chi connectivity index (χ1) is 9.69. The molecular formula is C20H26. The number of aryl methyl sites for hydroxylation is 1. The van der Waals surface area contributed by atoms with Crippen molar-refractivity contribution in [3.8, 4) is 0 Å². The summed E-state index contributed by atoms with van der Waals surface area (Å²) >= 11 is 0. The van der Waals surface area contributed by atoms with E-state index in [2.05, 4.69) is 38.1 Å². The molecular weight excluding hydrogens is 240 g/mol. The summed E-state index contributed by atoms with van der Waals surface area (Å²) in [6.07, 6.45) is 12.1. The third-order valence-corrected chi connectivity index (χ3v) is 5.96. The third-order valence-electron chi connectivity index (χ3n) is 5.96. The Hall–Kier alpha value is -1.04. The first kappa shape index (κ1) is 12.7. The number of hydrogen-bond donors (Lipinski definition) is 0. The van der Waals surface area contributed by atoms with Crippen molar-refractivity contribution in [1.29, 1.82) is 0 Å². The van der Waals surface area contributed by atoms with E-state index in [-0.39, 0.29) is 0 Å². The van der Waals surface area contributed by atoms with Gasteiger partial charge in [-0.15, -0.1) is 0 Å². The zero-order chi connectivity index (χ0) is 13.7. The fourth-order valence-corrected chi connectivity index (χ4v) is 5.32. The normalized spacial score (nSPS) is 30.9. The van der Waals surface area contributed by atoms with Gasteiger partial charge in [0, 0.05) is 5.41 Å². The van der Waals surface area contributed by atoms with Crippen LogP contribution in [-0.2, 0) is 18.3 Å². The van der Waals surface area contributed by atoms with Gasteiger partial charge in [-0.25, -0.2) is 0 Å². The first-order valence-corrected chi connectivity index (χ1v) is 8.48. The summed E-state index contributed by atoms with van der Waals surface area (Å²) in [5, 5.41) is 0. The van der Waals surface area contributed by atoms with Gasteiger partial charge in [-0.3, -0.25) is 0 Å². The lowest BCUT2D eigenvalue weighted by molar-refractivity contribution is 0.267. The van der Waals surface area contributed by atoms with Gasteiger partial charge in [0.05, 0.1) is 0 Å². The highest BCUT2D eigenvalue weighted by molar-refractivity contribution is 5.48. The van der Waals surface area contributed by atoms with Gasteiger partial charge in [0.2, 0.25) is 0 Å². The van der Waals surface area contributed by atoms with Crippen molar-refractivity contribution in [2.75, 3.05) is 0 Å². The average molecular weight is 266 g/mol. The molecule has 20 heavy (non-hydrogen) atoms. The van der Waals surface area contributed by atoms with Crippen LogP contribution in [0, 0.1) is 11.8 Å². The molecule has 0 aliphatic heterocycles. The summed E-state index contributed by atoms with van der Waals surface area (Å²) in [7, 11) is 0. The number of rotatable bonds is 2. The molecule has 0 aromatic heterocycles. The number of fused-ring (bicyclic) bond motifs is 5. The molecule has 0 radical (unpaired) electrons. The summed E-state index contributed by atoms with van der Waals surface area (Å²) in [5.41, 5.74) is 7.45. The van der Waals surface area contributed by atoms with Crippen molar-refractivity contribution in [3.63, 3.8) is 0 Å². The molecule has 0 amide bonds. The van der Waals surface area contributed by atoms with Crippen LogP contribution in [0.4, 0.5) is 0 Å². The zero-order valence-corrected chi connectivity index (χ0v) is 12.9. The van der Waals surface area contributed by atoms with E-state index in [1.165, 1.54) is 44.9 Å². The van der Waals surface area contributed by atoms with Gasteiger partial charge >= 0.3 is 0 Å². The van der Waals surface area contributed by atoms with Gasteiger partial charge in [0.1, 0.15) is 0 Å². The molecule has 1 aromatic carbocycles. The van der Waals surface area contributed by atoms with Gasteiger partial charge < -0.3 is 0 Å². The molecule has 3 aliphatic rings. The Morgan fingerprint density at radius 2 is 2.20 bits per heavy atom. The molecule has 1 aromatic rings. The van der Waals surface area contributed by atoms with Crippen molar-refractivity contribution < 1.29 is 0 Å². The molecule has 0 N–H and O–H groups in total. The molecule has 1 fully saturated rings. The van der Waals surface area contributed by atoms with Crippen molar-refractivity contribution >= 4 is 0 Å². The Morgan fingerprint density at radius 1 is 1.30 bits per heavy atom. The van der Waals surface area contributed by atoms with Gasteiger partial charge in [-0.05, 0) is 73.5 Å². The molecule has 4 rings (SSSR count). The molecule has 106 valence electrons. The highest BCUT2D eigenvalue weighted by Crippen LogP contribution is 2.59. The van der Waals surface area contributed by atoms with Crippen LogP contribution in [0.1, 0.15) is 62.6 Å². The zero-order valence-electron chi connectivity index (χ0n) is 12.9. The van der Waals surface area contributed by atoms with E-state index in [0.29, 0.717) is 5.41 Å². The molecule has 0 saturated heterocycles. The largest absolute Gasteiger partial charge is 0.0850 e. The summed E-state index contributed by atoms with van der Waals surface area (Å²) in [6.45, 7) is 4.72. The van der Waals surface area contributed by atoms with E-state index in [4.69, 9.17) is 0 Å². The van der Waals surface area contributed by atoms with Gasteiger partial charge in [-0.2, -0.15) is 0 Å². The molecule has 2 unspecified atom stereocenters. The predicted octanol–water partition coefficient (Wildman–Crippen LogP) is 5.20. The number of benzene rings is 1. The number of allylic oxidation sites excluding steroid dienone is 2. The maximum Gasteiger partial charge on any atom is 0.00299 e. The summed E-state index contributed by atoms with van der Waals surface area (Å²) in [4.78, 5) is 0. The van der Waals surface area contributed by atoms with Crippen LogP contribution in [0.3, 0.4) is 0 Å². The Kier molecular flexibility index (Phi) is 2.84. The third kappa shape index (κ3) is 1.73. The van der Waals surface area contributed by atoms with Crippen LogP contribution in [0.15, 0.2) is 29.8 Å². The second-order valence-electron chi connectivity index (χ2n) is 7.73. The van der Waals surface area contributed by atoms with E-state index >= 15 is 0 Å². The maximum absolute atomic E-state index is 2.54. The van der Waals surface area contributed by atoms with E-state index in [9.17, 15) is 0 Å². The lowest BCUT2D eigenvalue weighted by Gasteiger charge is -2.43. The highest BCUT2D eigenvalue weighted by Gasteiger charge is 2.50. The van der Waals surface area contributed by atoms with E-state index in [1.807, 2.05) is 0 Å². The van der Waals surface area contributed by atoms with Gasteiger partial charge in [0.15, 0.2) is 0 Å². The van der Waals surface area contributed by atoms with Crippen LogP contribution in [-0.4, -0.2) is 0 Å². The monoisotopic (exact) mass is 266 g/mol. The lowest BCUT2D eigenvalue weighted by Crippen LogP contribution is -2.36. The predicted molar refractivity (Wildman–Crippen MR) is 85.0 cm³/mol. The quantitative estimate of drug-likeness (QED) is 0.645. The second kappa shape index (κ2) is 4.48. The van der Waals surface area contributed by atoms with E-state index in [0.717, 1.165) is 11.8 Å². The molecule has 2 bridgehead atoms. The fourth-order valence-electron chi connectivity index (χ4n) is 5.32. The minimum absolute atomic E-state index is 0.531. The fraction of sp³-hybridized carbons (Fsp3) is 0.600. The maximum atomic E-state index is 2.54. The van der Waals surface area contributed by atoms with Gasteiger partial charge in [0.25, 0.3) is 0 Å². The molecule has 0 nitrogen and oxygen atoms in total. The Bertz CT molecular complexity index is 563. The summed E-state index contributed by atoms with van der Waals surface area (Å²) in [5.74, 6) is 1.68. The Labute approximate surface area is 123 Å². The molecule has 0 heterocycles. The van der Waals surface area contributed by atoms with Crippen LogP contribution in [0.5, 0.6) is 0 Å². The smallest absolute Gasteiger partial charge is 0.00299 e. The SMILES string of the molecule is CC(C)Cc1cccc2c1C1(CCC2)CC2=CCC1C2. The lowest BCUT2D eigenvalue weighted by atomic mass is 9.61. The van der Waals surface area contributed by atoms with Crippen LogP contribution >= 0.6 is 0 Å². The summed E-state index contributed by atoms with van der Waals surface area (Å²) in [6, 6.07) is 7.15. The van der Waals surface area contributed by atoms with Crippen LogP contribution in [0.2, 0.25) is 0 Å². The molecule has 1 saturated carbocycles. The molecule has 0 heteroatoms. The van der Waals surface area contributed by atoms with Crippen molar-refractivity contribution in [1.82, 2.24) is 0 Å². The minimum atomic E-state index is 0.531. The molecule has 3 aliphatic carbocycles. The first-order valence-electron chi connectivity index (χ1n) is 8.48. The van der Waals surface area contributed by atoms with Crippen molar-refractivity contribution in [3.05, 3.63) is 46.5 Å². The Balaban J connectivity index is 1.85. The Morgan fingerprint density at radius 3 is 2.90 bits per heavy atom. The summed E-state index contributed by atoms with van der Waals surface area (Å²) < 4.78 is 0. The second-order valence-corrected chi connectivity index (χ2v) is 7.73. The van der Waals surface area contributed by atoms with Crippen LogP contribution in [0.25, 0.3) is 0 Å². The number of hydrogen-bond acceptors (Lipinski definition) is 0. The minimum Gasteiger partial charge on any atom is -0.0850 e.